The van der Waals surface area contributed by atoms with Gasteiger partial charge in [-0.05, 0) is 25.5 Å². The number of carbonyl (C=O) groups excluding carboxylic acids is 1. The first-order chi connectivity index (χ1) is 9.77. The minimum atomic E-state index is 0.204. The summed E-state index contributed by atoms with van der Waals surface area (Å²) in [5.41, 5.74) is 1.18. The molecule has 20 heavy (non-hydrogen) atoms. The summed E-state index contributed by atoms with van der Waals surface area (Å²) in [7, 11) is 1.70. The molecule has 1 rings (SSSR count). The maximum Gasteiger partial charge on any atom is 0.224 e. The van der Waals surface area contributed by atoms with Crippen LogP contribution in [0.2, 0.25) is 0 Å². The molecule has 0 heterocycles. The van der Waals surface area contributed by atoms with Crippen molar-refractivity contribution in [2.45, 2.75) is 26.3 Å². The molecule has 0 aliphatic carbocycles. The summed E-state index contributed by atoms with van der Waals surface area (Å²) in [6.45, 7) is 5.85. The van der Waals surface area contributed by atoms with Crippen LogP contribution in [0.5, 0.6) is 0 Å². The molecule has 0 aromatic heterocycles. The summed E-state index contributed by atoms with van der Waals surface area (Å²) < 4.78 is 4.98. The number of rotatable bonds is 10. The molecule has 0 bridgehead atoms. The Morgan fingerprint density at radius 3 is 2.65 bits per heavy atom. The fourth-order valence-corrected chi connectivity index (χ4v) is 2.00. The first-order valence-corrected chi connectivity index (χ1v) is 7.29. The van der Waals surface area contributed by atoms with Gasteiger partial charge in [0.15, 0.2) is 0 Å². The van der Waals surface area contributed by atoms with Gasteiger partial charge in [0.05, 0.1) is 0 Å². The van der Waals surface area contributed by atoms with E-state index in [9.17, 15) is 4.79 Å². The number of ether oxygens (including phenoxy) is 1. The van der Waals surface area contributed by atoms with Crippen molar-refractivity contribution >= 4 is 5.91 Å². The SMILES string of the molecule is CCN(Cc1ccccc1)C(=O)CCNCCCOC. The van der Waals surface area contributed by atoms with Crippen LogP contribution < -0.4 is 5.32 Å². The zero-order valence-electron chi connectivity index (χ0n) is 12.6. The quantitative estimate of drug-likeness (QED) is 0.666. The molecule has 1 aromatic carbocycles. The van der Waals surface area contributed by atoms with Crippen molar-refractivity contribution < 1.29 is 9.53 Å². The molecule has 4 heteroatoms. The van der Waals surface area contributed by atoms with Gasteiger partial charge in [0, 0.05) is 39.8 Å². The smallest absolute Gasteiger partial charge is 0.224 e. The van der Waals surface area contributed by atoms with Crippen LogP contribution >= 0.6 is 0 Å². The lowest BCUT2D eigenvalue weighted by atomic mass is 10.2. The summed E-state index contributed by atoms with van der Waals surface area (Å²) in [6, 6.07) is 10.1. The van der Waals surface area contributed by atoms with Gasteiger partial charge in [0.2, 0.25) is 5.91 Å². The monoisotopic (exact) mass is 278 g/mol. The highest BCUT2D eigenvalue weighted by Crippen LogP contribution is 2.05. The van der Waals surface area contributed by atoms with Crippen molar-refractivity contribution in [2.75, 3.05) is 33.4 Å². The van der Waals surface area contributed by atoms with Gasteiger partial charge in [-0.15, -0.1) is 0 Å². The lowest BCUT2D eigenvalue weighted by molar-refractivity contribution is -0.131. The van der Waals surface area contributed by atoms with Gasteiger partial charge in [-0.25, -0.2) is 0 Å². The van der Waals surface area contributed by atoms with E-state index in [0.29, 0.717) is 13.0 Å². The second-order valence-corrected chi connectivity index (χ2v) is 4.74. The second-order valence-electron chi connectivity index (χ2n) is 4.74. The van der Waals surface area contributed by atoms with Gasteiger partial charge in [0.1, 0.15) is 0 Å². The Hall–Kier alpha value is -1.39. The highest BCUT2D eigenvalue weighted by atomic mass is 16.5. The third-order valence-corrected chi connectivity index (χ3v) is 3.17. The zero-order chi connectivity index (χ0) is 14.6. The first kappa shape index (κ1) is 16.7. The van der Waals surface area contributed by atoms with Crippen molar-refractivity contribution in [1.82, 2.24) is 10.2 Å². The molecule has 1 N–H and O–H groups in total. The largest absolute Gasteiger partial charge is 0.385 e. The molecule has 1 amide bonds. The molecule has 0 spiro atoms. The molecule has 4 nitrogen and oxygen atoms in total. The minimum absolute atomic E-state index is 0.204. The molecule has 0 unspecified atom stereocenters. The van der Waals surface area contributed by atoms with Gasteiger partial charge in [-0.2, -0.15) is 0 Å². The average molecular weight is 278 g/mol. The summed E-state index contributed by atoms with van der Waals surface area (Å²) in [5.74, 6) is 0.204. The highest BCUT2D eigenvalue weighted by Gasteiger charge is 2.11. The van der Waals surface area contributed by atoms with E-state index in [4.69, 9.17) is 4.74 Å². The van der Waals surface area contributed by atoms with Crippen molar-refractivity contribution in [3.05, 3.63) is 35.9 Å². The normalized spacial score (nSPS) is 10.5. The van der Waals surface area contributed by atoms with E-state index in [1.165, 1.54) is 5.56 Å². The molecule has 0 fully saturated rings. The first-order valence-electron chi connectivity index (χ1n) is 7.29. The van der Waals surface area contributed by atoms with E-state index in [2.05, 4.69) is 17.4 Å². The van der Waals surface area contributed by atoms with Gasteiger partial charge in [-0.3, -0.25) is 4.79 Å². The summed E-state index contributed by atoms with van der Waals surface area (Å²) in [5, 5.41) is 3.27. The maximum atomic E-state index is 12.1. The van der Waals surface area contributed by atoms with Gasteiger partial charge >= 0.3 is 0 Å². The van der Waals surface area contributed by atoms with Crippen LogP contribution in [-0.2, 0) is 16.1 Å². The average Bonchev–Trinajstić information content (AvgIpc) is 2.49. The molecule has 112 valence electrons. The van der Waals surface area contributed by atoms with E-state index in [-0.39, 0.29) is 5.91 Å². The van der Waals surface area contributed by atoms with Crippen LogP contribution in [0.15, 0.2) is 30.3 Å². The van der Waals surface area contributed by atoms with E-state index in [1.807, 2.05) is 30.0 Å². The number of hydrogen-bond donors (Lipinski definition) is 1. The Labute approximate surface area is 122 Å². The third kappa shape index (κ3) is 6.68. The third-order valence-electron chi connectivity index (χ3n) is 3.17. The van der Waals surface area contributed by atoms with Crippen LogP contribution in [0, 0.1) is 0 Å². The standard InChI is InChI=1S/C16H26N2O2/c1-3-18(14-15-8-5-4-6-9-15)16(19)10-12-17-11-7-13-20-2/h4-6,8-9,17H,3,7,10-14H2,1-2H3. The second kappa shape index (κ2) is 10.4. The molecule has 1 aromatic rings. The Kier molecular flexibility index (Phi) is 8.67. The molecular formula is C16H26N2O2. The topological polar surface area (TPSA) is 41.6 Å². The summed E-state index contributed by atoms with van der Waals surface area (Å²) in [6.07, 6.45) is 1.53. The van der Waals surface area contributed by atoms with Crippen LogP contribution in [0.4, 0.5) is 0 Å². The van der Waals surface area contributed by atoms with E-state index in [1.54, 1.807) is 7.11 Å². The van der Waals surface area contributed by atoms with Crippen molar-refractivity contribution in [2.24, 2.45) is 0 Å². The number of methoxy groups -OCH3 is 1. The van der Waals surface area contributed by atoms with Crippen LogP contribution in [0.25, 0.3) is 0 Å². The van der Waals surface area contributed by atoms with Gasteiger partial charge in [-0.1, -0.05) is 30.3 Å². The molecule has 0 saturated carbocycles. The number of nitrogens with one attached hydrogen (secondary N) is 1. The number of nitrogens with zero attached hydrogens (tertiary/aromatic N) is 1. The van der Waals surface area contributed by atoms with Gasteiger partial charge in [0.25, 0.3) is 0 Å². The van der Waals surface area contributed by atoms with Crippen molar-refractivity contribution in [1.29, 1.82) is 0 Å². The summed E-state index contributed by atoms with van der Waals surface area (Å²) >= 11 is 0. The number of benzene rings is 1. The maximum absolute atomic E-state index is 12.1. The molecule has 0 radical (unpaired) electrons. The zero-order valence-corrected chi connectivity index (χ0v) is 12.6. The highest BCUT2D eigenvalue weighted by molar-refractivity contribution is 5.76. The Morgan fingerprint density at radius 1 is 1.25 bits per heavy atom. The molecule has 0 aliphatic rings. The number of amides is 1. The van der Waals surface area contributed by atoms with Gasteiger partial charge < -0.3 is 15.0 Å². The molecule has 0 aliphatic heterocycles. The van der Waals surface area contributed by atoms with Crippen LogP contribution in [0.1, 0.15) is 25.3 Å². The predicted molar refractivity (Wildman–Crippen MR) is 81.5 cm³/mol. The number of carbonyl (C=O) groups is 1. The van der Waals surface area contributed by atoms with Crippen molar-refractivity contribution in [3.63, 3.8) is 0 Å². The fourth-order valence-electron chi connectivity index (χ4n) is 2.00. The van der Waals surface area contributed by atoms with E-state index in [0.717, 1.165) is 32.7 Å². The lowest BCUT2D eigenvalue weighted by Crippen LogP contribution is -2.33. The molecule has 0 saturated heterocycles. The Balaban J connectivity index is 2.25. The minimum Gasteiger partial charge on any atom is -0.385 e. The Morgan fingerprint density at radius 2 is 2.00 bits per heavy atom. The molecular weight excluding hydrogens is 252 g/mol. The van der Waals surface area contributed by atoms with Crippen LogP contribution in [0.3, 0.4) is 0 Å². The molecule has 0 atom stereocenters. The predicted octanol–water partition coefficient (Wildman–Crippen LogP) is 2.05. The lowest BCUT2D eigenvalue weighted by Gasteiger charge is -2.21. The summed E-state index contributed by atoms with van der Waals surface area (Å²) in [4.78, 5) is 14.0. The van der Waals surface area contributed by atoms with E-state index >= 15 is 0 Å². The van der Waals surface area contributed by atoms with Crippen molar-refractivity contribution in [3.8, 4) is 0 Å². The number of hydrogen-bond acceptors (Lipinski definition) is 3. The Bertz CT molecular complexity index is 368. The van der Waals surface area contributed by atoms with Crippen LogP contribution in [-0.4, -0.2) is 44.2 Å². The fraction of sp³-hybridized carbons (Fsp3) is 0.562. The van der Waals surface area contributed by atoms with E-state index < -0.39 is 0 Å².